The number of benzene rings is 1. The van der Waals surface area contributed by atoms with Crippen LogP contribution in [0.3, 0.4) is 0 Å². The van der Waals surface area contributed by atoms with Crippen LogP contribution in [0, 0.1) is 0 Å². The Morgan fingerprint density at radius 3 is 2.79 bits per heavy atom. The van der Waals surface area contributed by atoms with Crippen LogP contribution in [0.1, 0.15) is 17.5 Å². The summed E-state index contributed by atoms with van der Waals surface area (Å²) in [6, 6.07) is 6.70. The highest BCUT2D eigenvalue weighted by Gasteiger charge is 2.23. The zero-order chi connectivity index (χ0) is 13.1. The van der Waals surface area contributed by atoms with E-state index in [1.54, 1.807) is 0 Å². The topological polar surface area (TPSA) is 38.7 Å². The number of hydrogen-bond acceptors (Lipinski definition) is 4. The summed E-state index contributed by atoms with van der Waals surface area (Å²) in [5.41, 5.74) is 4.39. The lowest BCUT2D eigenvalue weighted by Gasteiger charge is -2.31. The number of rotatable bonds is 4. The molecule has 1 aromatic carbocycles. The molecular weight excluding hydrogens is 238 g/mol. The molecule has 0 aliphatic carbocycles. The first-order valence-electron chi connectivity index (χ1n) is 7.28. The summed E-state index contributed by atoms with van der Waals surface area (Å²) in [6.07, 6.45) is 0.872. The Hall–Kier alpha value is -1.10. The van der Waals surface area contributed by atoms with Gasteiger partial charge in [-0.3, -0.25) is 4.90 Å². The van der Waals surface area contributed by atoms with E-state index in [1.165, 1.54) is 16.8 Å². The Labute approximate surface area is 115 Å². The molecule has 1 saturated heterocycles. The van der Waals surface area contributed by atoms with Gasteiger partial charge in [0.1, 0.15) is 0 Å². The minimum Gasteiger partial charge on any atom is -0.396 e. The van der Waals surface area contributed by atoms with Crippen molar-refractivity contribution in [3.05, 3.63) is 29.3 Å². The van der Waals surface area contributed by atoms with Crippen molar-refractivity contribution in [1.29, 1.82) is 0 Å². The molecule has 1 fully saturated rings. The predicted octanol–water partition coefficient (Wildman–Crippen LogP) is 0.794. The second-order valence-corrected chi connectivity index (χ2v) is 5.44. The fourth-order valence-electron chi connectivity index (χ4n) is 3.13. The molecule has 2 aliphatic rings. The molecule has 3 rings (SSSR count). The quantitative estimate of drug-likeness (QED) is 0.841. The molecule has 4 heteroatoms. The molecule has 0 atom stereocenters. The Morgan fingerprint density at radius 2 is 2.00 bits per heavy atom. The van der Waals surface area contributed by atoms with Crippen molar-refractivity contribution >= 4 is 5.69 Å². The molecule has 0 aromatic heterocycles. The Balaban J connectivity index is 1.76. The van der Waals surface area contributed by atoms with E-state index in [0.29, 0.717) is 0 Å². The number of hydrogen-bond donors (Lipinski definition) is 2. The smallest absolute Gasteiger partial charge is 0.0443 e. The average molecular weight is 261 g/mol. The van der Waals surface area contributed by atoms with Crippen molar-refractivity contribution in [2.45, 2.75) is 19.5 Å². The maximum atomic E-state index is 8.96. The predicted molar refractivity (Wildman–Crippen MR) is 77.3 cm³/mol. The fraction of sp³-hybridized carbons (Fsp3) is 0.600. The highest BCUT2D eigenvalue weighted by atomic mass is 16.3. The number of nitrogens with one attached hydrogen (secondary N) is 1. The summed E-state index contributed by atoms with van der Waals surface area (Å²) in [6.45, 7) is 7.73. The zero-order valence-corrected chi connectivity index (χ0v) is 11.4. The molecule has 104 valence electrons. The lowest BCUT2D eigenvalue weighted by atomic mass is 10.1. The van der Waals surface area contributed by atoms with Crippen LogP contribution in [-0.2, 0) is 13.1 Å². The number of nitrogens with zero attached hydrogens (tertiary/aromatic N) is 2. The minimum absolute atomic E-state index is 0.289. The van der Waals surface area contributed by atoms with Crippen LogP contribution in [0.5, 0.6) is 0 Å². The maximum absolute atomic E-state index is 8.96. The van der Waals surface area contributed by atoms with Crippen LogP contribution >= 0.6 is 0 Å². The lowest BCUT2D eigenvalue weighted by Crippen LogP contribution is -2.43. The molecule has 2 aliphatic heterocycles. The zero-order valence-electron chi connectivity index (χ0n) is 11.4. The van der Waals surface area contributed by atoms with Gasteiger partial charge in [-0.15, -0.1) is 0 Å². The molecular formula is C15H23N3O. The van der Waals surface area contributed by atoms with Gasteiger partial charge in [-0.05, 0) is 23.6 Å². The van der Waals surface area contributed by atoms with Gasteiger partial charge in [-0.1, -0.05) is 12.1 Å². The van der Waals surface area contributed by atoms with Crippen LogP contribution in [-0.4, -0.2) is 49.3 Å². The van der Waals surface area contributed by atoms with Gasteiger partial charge in [-0.2, -0.15) is 0 Å². The first-order chi connectivity index (χ1) is 9.38. The van der Waals surface area contributed by atoms with Crippen LogP contribution in [0.15, 0.2) is 18.2 Å². The number of aliphatic hydroxyl groups is 1. The van der Waals surface area contributed by atoms with E-state index in [9.17, 15) is 0 Å². The molecule has 0 radical (unpaired) electrons. The van der Waals surface area contributed by atoms with E-state index in [0.717, 1.165) is 52.2 Å². The fourth-order valence-corrected chi connectivity index (χ4v) is 3.13. The van der Waals surface area contributed by atoms with Crippen LogP contribution in [0.25, 0.3) is 0 Å². The molecule has 19 heavy (non-hydrogen) atoms. The van der Waals surface area contributed by atoms with E-state index < -0.39 is 0 Å². The van der Waals surface area contributed by atoms with E-state index in [2.05, 4.69) is 33.3 Å². The molecule has 2 heterocycles. The number of aliphatic hydroxyl groups excluding tert-OH is 1. The standard InChI is InChI=1S/C15H23N3O/c19-10-2-7-17-11-13-3-1-4-15(14(13)12-17)18-8-5-16-6-9-18/h1,3-4,16,19H,2,5-12H2. The first kappa shape index (κ1) is 12.9. The van der Waals surface area contributed by atoms with Crippen molar-refractivity contribution in [2.75, 3.05) is 44.2 Å². The highest BCUT2D eigenvalue weighted by Crippen LogP contribution is 2.31. The number of anilines is 1. The van der Waals surface area contributed by atoms with Gasteiger partial charge in [0.05, 0.1) is 0 Å². The van der Waals surface area contributed by atoms with E-state index >= 15 is 0 Å². The summed E-state index contributed by atoms with van der Waals surface area (Å²) in [4.78, 5) is 4.94. The molecule has 0 unspecified atom stereocenters. The molecule has 0 bridgehead atoms. The minimum atomic E-state index is 0.289. The first-order valence-corrected chi connectivity index (χ1v) is 7.28. The number of fused-ring (bicyclic) bond motifs is 1. The third kappa shape index (κ3) is 2.76. The monoisotopic (exact) mass is 261 g/mol. The normalized spacial score (nSPS) is 19.7. The largest absolute Gasteiger partial charge is 0.396 e. The van der Waals surface area contributed by atoms with Crippen LogP contribution in [0.4, 0.5) is 5.69 Å². The highest BCUT2D eigenvalue weighted by molar-refractivity contribution is 5.58. The van der Waals surface area contributed by atoms with Crippen molar-refractivity contribution in [2.24, 2.45) is 0 Å². The summed E-state index contributed by atoms with van der Waals surface area (Å²) < 4.78 is 0. The van der Waals surface area contributed by atoms with Gasteiger partial charge in [0.2, 0.25) is 0 Å². The molecule has 2 N–H and O–H groups in total. The molecule has 4 nitrogen and oxygen atoms in total. The van der Waals surface area contributed by atoms with E-state index in [1.807, 2.05) is 0 Å². The summed E-state index contributed by atoms with van der Waals surface area (Å²) in [7, 11) is 0. The van der Waals surface area contributed by atoms with Gasteiger partial charge in [-0.25, -0.2) is 0 Å². The van der Waals surface area contributed by atoms with Gasteiger partial charge in [0.15, 0.2) is 0 Å². The molecule has 1 aromatic rings. The summed E-state index contributed by atoms with van der Waals surface area (Å²) >= 11 is 0. The lowest BCUT2D eigenvalue weighted by molar-refractivity contribution is 0.226. The average Bonchev–Trinajstić information content (AvgIpc) is 2.88. The molecule has 0 amide bonds. The summed E-state index contributed by atoms with van der Waals surface area (Å²) in [5.74, 6) is 0. The van der Waals surface area contributed by atoms with Gasteiger partial charge in [0.25, 0.3) is 0 Å². The Morgan fingerprint density at radius 1 is 1.16 bits per heavy atom. The van der Waals surface area contributed by atoms with Crippen LogP contribution in [0.2, 0.25) is 0 Å². The maximum Gasteiger partial charge on any atom is 0.0443 e. The van der Waals surface area contributed by atoms with Crippen LogP contribution < -0.4 is 10.2 Å². The number of piperazine rings is 1. The third-order valence-corrected chi connectivity index (χ3v) is 4.11. The third-order valence-electron chi connectivity index (χ3n) is 4.11. The van der Waals surface area contributed by atoms with Gasteiger partial charge < -0.3 is 15.3 Å². The van der Waals surface area contributed by atoms with Gasteiger partial charge >= 0.3 is 0 Å². The second-order valence-electron chi connectivity index (χ2n) is 5.44. The molecule has 0 spiro atoms. The van der Waals surface area contributed by atoms with Crippen molar-refractivity contribution < 1.29 is 5.11 Å². The molecule has 0 saturated carbocycles. The Bertz CT molecular complexity index is 429. The van der Waals surface area contributed by atoms with Crippen molar-refractivity contribution in [1.82, 2.24) is 10.2 Å². The van der Waals surface area contributed by atoms with Gasteiger partial charge in [0, 0.05) is 58.1 Å². The summed E-state index contributed by atoms with van der Waals surface area (Å²) in [5, 5.41) is 12.4. The second kappa shape index (κ2) is 5.90. The van der Waals surface area contributed by atoms with Crippen molar-refractivity contribution in [3.8, 4) is 0 Å². The Kier molecular flexibility index (Phi) is 4.01. The van der Waals surface area contributed by atoms with E-state index in [-0.39, 0.29) is 6.61 Å². The van der Waals surface area contributed by atoms with Crippen molar-refractivity contribution in [3.63, 3.8) is 0 Å². The SMILES string of the molecule is OCCCN1Cc2cccc(N3CCNCC3)c2C1. The van der Waals surface area contributed by atoms with E-state index in [4.69, 9.17) is 5.11 Å².